The van der Waals surface area contributed by atoms with Crippen molar-refractivity contribution in [2.75, 3.05) is 44.8 Å². The second kappa shape index (κ2) is 11.6. The molecule has 0 radical (unpaired) electrons. The van der Waals surface area contributed by atoms with Crippen molar-refractivity contribution in [2.24, 2.45) is 0 Å². The van der Waals surface area contributed by atoms with Gasteiger partial charge in [0, 0.05) is 44.3 Å². The second-order valence-electron chi connectivity index (χ2n) is 9.34. The van der Waals surface area contributed by atoms with Gasteiger partial charge in [-0.2, -0.15) is 0 Å². The number of halogens is 3. The highest BCUT2D eigenvalue weighted by Crippen LogP contribution is 2.35. The summed E-state index contributed by atoms with van der Waals surface area (Å²) in [6.07, 6.45) is 1.13. The van der Waals surface area contributed by atoms with Gasteiger partial charge in [-0.05, 0) is 36.2 Å². The summed E-state index contributed by atoms with van der Waals surface area (Å²) >= 11 is 6.38. The number of ether oxygens (including phenoxy) is 3. The van der Waals surface area contributed by atoms with Crippen LogP contribution in [0.3, 0.4) is 0 Å². The molecule has 0 spiro atoms. The van der Waals surface area contributed by atoms with Gasteiger partial charge in [-0.1, -0.05) is 23.7 Å². The van der Waals surface area contributed by atoms with Crippen LogP contribution in [0.5, 0.6) is 11.5 Å². The van der Waals surface area contributed by atoms with E-state index < -0.39 is 11.6 Å². The van der Waals surface area contributed by atoms with Crippen molar-refractivity contribution in [2.45, 2.75) is 19.1 Å². The monoisotopic (exact) mass is 555 g/mol. The summed E-state index contributed by atoms with van der Waals surface area (Å²) in [5, 5.41) is 0.668. The third kappa shape index (κ3) is 6.13. The van der Waals surface area contributed by atoms with E-state index in [1.54, 1.807) is 31.4 Å². The Labute approximate surface area is 229 Å². The number of aromatic nitrogens is 2. The molecule has 11 heteroatoms. The maximum atomic E-state index is 15.2. The van der Waals surface area contributed by atoms with E-state index in [1.807, 2.05) is 0 Å². The summed E-state index contributed by atoms with van der Waals surface area (Å²) in [6, 6.07) is 11.8. The molecule has 0 saturated carbocycles. The Morgan fingerprint density at radius 1 is 1.03 bits per heavy atom. The highest BCUT2D eigenvalue weighted by atomic mass is 35.5. The molecule has 1 aliphatic rings. The maximum Gasteiger partial charge on any atom is 0.165 e. The molecule has 5 rings (SSSR count). The number of hydrogen-bond donors (Lipinski definition) is 2. The third-order valence-corrected chi connectivity index (χ3v) is 6.83. The van der Waals surface area contributed by atoms with Crippen LogP contribution in [0.15, 0.2) is 48.5 Å². The SMILES string of the molecule is COC1CN(CCCOc2cc3nc(-c4cc(Cl)c(OCc5cccc(F)c5)cc4F)nc(N)c3cc2N)C1. The first kappa shape index (κ1) is 26.9. The fourth-order valence-corrected chi connectivity index (χ4v) is 4.58. The molecule has 8 nitrogen and oxygen atoms in total. The molecule has 0 atom stereocenters. The molecule has 0 aliphatic carbocycles. The second-order valence-corrected chi connectivity index (χ2v) is 9.75. The topological polar surface area (TPSA) is 109 Å². The predicted octanol–water partition coefficient (Wildman–Crippen LogP) is 5.07. The van der Waals surface area contributed by atoms with Crippen LogP contribution in [0.25, 0.3) is 22.3 Å². The molecular formula is C28H28ClF2N5O3. The van der Waals surface area contributed by atoms with Gasteiger partial charge in [0.1, 0.15) is 35.6 Å². The molecule has 1 aromatic heterocycles. The smallest absolute Gasteiger partial charge is 0.165 e. The van der Waals surface area contributed by atoms with E-state index in [1.165, 1.54) is 18.2 Å². The highest BCUT2D eigenvalue weighted by molar-refractivity contribution is 6.32. The zero-order valence-electron chi connectivity index (χ0n) is 21.3. The molecular weight excluding hydrogens is 528 g/mol. The van der Waals surface area contributed by atoms with Crippen LogP contribution < -0.4 is 20.9 Å². The summed E-state index contributed by atoms with van der Waals surface area (Å²) in [6.45, 7) is 3.24. The molecule has 1 saturated heterocycles. The molecule has 0 amide bonds. The lowest BCUT2D eigenvalue weighted by molar-refractivity contribution is -0.0305. The Hall–Kier alpha value is -3.73. The molecule has 1 fully saturated rings. The van der Waals surface area contributed by atoms with Crippen molar-refractivity contribution >= 4 is 34.0 Å². The molecule has 0 unspecified atom stereocenters. The number of nitrogens with zero attached hydrogens (tertiary/aromatic N) is 3. The zero-order chi connectivity index (χ0) is 27.5. The molecule has 204 valence electrons. The van der Waals surface area contributed by atoms with Gasteiger partial charge in [0.15, 0.2) is 5.82 Å². The van der Waals surface area contributed by atoms with E-state index in [0.717, 1.165) is 32.1 Å². The first-order valence-electron chi connectivity index (χ1n) is 12.4. The molecule has 39 heavy (non-hydrogen) atoms. The Balaban J connectivity index is 1.32. The molecule has 2 heterocycles. The Morgan fingerprint density at radius 2 is 1.85 bits per heavy atom. The van der Waals surface area contributed by atoms with Crippen LogP contribution in [-0.4, -0.2) is 54.3 Å². The van der Waals surface area contributed by atoms with E-state index in [2.05, 4.69) is 14.9 Å². The van der Waals surface area contributed by atoms with Crippen LogP contribution in [0.2, 0.25) is 5.02 Å². The Kier molecular flexibility index (Phi) is 7.97. The van der Waals surface area contributed by atoms with E-state index in [-0.39, 0.29) is 34.6 Å². The van der Waals surface area contributed by atoms with Crippen molar-refractivity contribution in [3.63, 3.8) is 0 Å². The van der Waals surface area contributed by atoms with E-state index >= 15 is 4.39 Å². The first-order valence-corrected chi connectivity index (χ1v) is 12.8. The first-order chi connectivity index (χ1) is 18.8. The van der Waals surface area contributed by atoms with Gasteiger partial charge in [0.2, 0.25) is 0 Å². The predicted molar refractivity (Wildman–Crippen MR) is 147 cm³/mol. The van der Waals surface area contributed by atoms with Crippen LogP contribution in [-0.2, 0) is 11.3 Å². The normalized spacial score (nSPS) is 13.9. The lowest BCUT2D eigenvalue weighted by atomic mass is 10.1. The standard InChI is InChI=1S/C28H28ClF2N5O3/c1-37-18-13-36(14-18)6-3-7-38-26-12-24-20(10-23(26)32)27(33)35-28(34-24)19-9-21(29)25(11-22(19)31)39-15-16-4-2-5-17(30)8-16/h2,4-5,8-12,18H,3,6-7,13-15,32H2,1H3,(H2,33,34,35). The summed E-state index contributed by atoms with van der Waals surface area (Å²) < 4.78 is 45.4. The fraction of sp³-hybridized carbons (Fsp3) is 0.286. The average Bonchev–Trinajstić information content (AvgIpc) is 2.88. The minimum absolute atomic E-state index is 0.0194. The van der Waals surface area contributed by atoms with Gasteiger partial charge in [0.25, 0.3) is 0 Å². The van der Waals surface area contributed by atoms with Crippen LogP contribution >= 0.6 is 11.6 Å². The number of nitrogens with two attached hydrogens (primary N) is 2. The lowest BCUT2D eigenvalue weighted by Gasteiger charge is -2.38. The third-order valence-electron chi connectivity index (χ3n) is 6.54. The average molecular weight is 556 g/mol. The number of benzene rings is 3. The van der Waals surface area contributed by atoms with Crippen molar-refractivity contribution in [3.05, 3.63) is 70.8 Å². The van der Waals surface area contributed by atoms with Crippen molar-refractivity contribution < 1.29 is 23.0 Å². The van der Waals surface area contributed by atoms with Crippen molar-refractivity contribution in [1.29, 1.82) is 0 Å². The number of nitrogen functional groups attached to an aromatic ring is 2. The van der Waals surface area contributed by atoms with E-state index in [0.29, 0.717) is 40.6 Å². The summed E-state index contributed by atoms with van der Waals surface area (Å²) in [5.74, 6) is -0.281. The molecule has 0 bridgehead atoms. The quantitative estimate of drug-likeness (QED) is 0.206. The van der Waals surface area contributed by atoms with Crippen molar-refractivity contribution in [1.82, 2.24) is 14.9 Å². The van der Waals surface area contributed by atoms with Gasteiger partial charge in [-0.15, -0.1) is 0 Å². The van der Waals surface area contributed by atoms with Gasteiger partial charge in [-0.3, -0.25) is 4.90 Å². The minimum Gasteiger partial charge on any atom is -0.491 e. The maximum absolute atomic E-state index is 15.2. The molecule has 4 aromatic rings. The fourth-order valence-electron chi connectivity index (χ4n) is 4.37. The number of likely N-dealkylation sites (tertiary alicyclic amines) is 1. The Morgan fingerprint density at radius 3 is 2.62 bits per heavy atom. The largest absolute Gasteiger partial charge is 0.491 e. The highest BCUT2D eigenvalue weighted by Gasteiger charge is 2.25. The minimum atomic E-state index is -0.652. The number of fused-ring (bicyclic) bond motifs is 1. The lowest BCUT2D eigenvalue weighted by Crippen LogP contribution is -2.51. The summed E-state index contributed by atoms with van der Waals surface area (Å²) in [5.41, 5.74) is 13.9. The van der Waals surface area contributed by atoms with Crippen LogP contribution in [0.4, 0.5) is 20.3 Å². The summed E-state index contributed by atoms with van der Waals surface area (Å²) in [7, 11) is 1.72. The van der Waals surface area contributed by atoms with Gasteiger partial charge in [-0.25, -0.2) is 18.7 Å². The molecule has 4 N–H and O–H groups in total. The van der Waals surface area contributed by atoms with E-state index in [4.69, 9.17) is 37.3 Å². The number of hydrogen-bond acceptors (Lipinski definition) is 8. The molecule has 1 aliphatic heterocycles. The Bertz CT molecular complexity index is 1500. The van der Waals surface area contributed by atoms with Crippen LogP contribution in [0, 0.1) is 11.6 Å². The van der Waals surface area contributed by atoms with Gasteiger partial charge < -0.3 is 25.7 Å². The van der Waals surface area contributed by atoms with Crippen molar-refractivity contribution in [3.8, 4) is 22.9 Å². The number of methoxy groups -OCH3 is 1. The number of anilines is 2. The van der Waals surface area contributed by atoms with Crippen LogP contribution in [0.1, 0.15) is 12.0 Å². The zero-order valence-corrected chi connectivity index (χ0v) is 22.0. The number of rotatable bonds is 10. The van der Waals surface area contributed by atoms with Gasteiger partial charge >= 0.3 is 0 Å². The summed E-state index contributed by atoms with van der Waals surface area (Å²) in [4.78, 5) is 11.1. The van der Waals surface area contributed by atoms with E-state index in [9.17, 15) is 4.39 Å². The molecule has 3 aromatic carbocycles. The van der Waals surface area contributed by atoms with Gasteiger partial charge in [0.05, 0.1) is 34.5 Å².